The number of carbonyl (C=O) groups is 1. The monoisotopic (exact) mass is 310 g/mol. The Kier molecular flexibility index (Phi) is 3.11. The molecule has 0 aromatic heterocycles. The molecule has 0 aromatic rings. The van der Waals surface area contributed by atoms with Crippen molar-refractivity contribution in [2.45, 2.75) is 77.6 Å². The van der Waals surface area contributed by atoms with Gasteiger partial charge < -0.3 is 0 Å². The molecule has 0 bridgehead atoms. The number of fused-ring (bicyclic) bond motifs is 5. The number of alkyl halides is 2. The van der Waals surface area contributed by atoms with Crippen LogP contribution in [-0.2, 0) is 4.79 Å². The summed E-state index contributed by atoms with van der Waals surface area (Å²) < 4.78 is 28.2. The molecule has 0 spiro atoms. The van der Waals surface area contributed by atoms with Gasteiger partial charge in [-0.05, 0) is 66.6 Å². The molecule has 4 fully saturated rings. The second-order valence-electron chi connectivity index (χ2n) is 9.33. The summed E-state index contributed by atoms with van der Waals surface area (Å²) in [6.07, 6.45) is 6.91. The molecular weight excluding hydrogens is 282 g/mol. The van der Waals surface area contributed by atoms with Crippen LogP contribution < -0.4 is 0 Å². The lowest BCUT2D eigenvalue weighted by Crippen LogP contribution is -2.52. The minimum atomic E-state index is -2.45. The van der Waals surface area contributed by atoms with Gasteiger partial charge in [0.2, 0.25) is 5.92 Å². The van der Waals surface area contributed by atoms with Crippen molar-refractivity contribution in [3.05, 3.63) is 0 Å². The second kappa shape index (κ2) is 4.54. The van der Waals surface area contributed by atoms with Crippen LogP contribution in [0.1, 0.15) is 71.6 Å². The number of Topliss-reactive ketones (excluding diaryl/α,β-unsaturated/α-hetero) is 1. The molecule has 22 heavy (non-hydrogen) atoms. The number of ketones is 1. The Hall–Kier alpha value is -0.470. The summed E-state index contributed by atoms with van der Waals surface area (Å²) in [7, 11) is 0. The van der Waals surface area contributed by atoms with Gasteiger partial charge in [0.05, 0.1) is 0 Å². The lowest BCUT2D eigenvalue weighted by Gasteiger charge is -2.59. The number of hydrogen-bond acceptors (Lipinski definition) is 1. The second-order valence-corrected chi connectivity index (χ2v) is 9.33. The smallest absolute Gasteiger partial charge is 0.249 e. The molecule has 0 amide bonds. The lowest BCUT2D eigenvalue weighted by molar-refractivity contribution is -0.137. The fourth-order valence-electron chi connectivity index (χ4n) is 7.04. The molecule has 3 heteroatoms. The zero-order valence-electron chi connectivity index (χ0n) is 13.8. The third-order valence-electron chi connectivity index (χ3n) is 8.18. The molecule has 0 heterocycles. The molecule has 0 aromatic carbocycles. The minimum absolute atomic E-state index is 0.104. The SMILES string of the molecule is CC12CCC3C(CCC4CC(=O)CCC43C)C1CC(F)(F)C2. The number of carbonyl (C=O) groups excluding carboxylic acids is 1. The maximum Gasteiger partial charge on any atom is 0.249 e. The Morgan fingerprint density at radius 3 is 2.59 bits per heavy atom. The van der Waals surface area contributed by atoms with Crippen molar-refractivity contribution in [2.24, 2.45) is 34.5 Å². The molecule has 1 nitrogen and oxygen atoms in total. The van der Waals surface area contributed by atoms with E-state index in [4.69, 9.17) is 0 Å². The molecule has 6 atom stereocenters. The predicted octanol–water partition coefficient (Wildman–Crippen LogP) is 5.23. The first-order chi connectivity index (χ1) is 10.2. The molecular formula is C19H28F2O. The van der Waals surface area contributed by atoms with Gasteiger partial charge in [0.15, 0.2) is 0 Å². The van der Waals surface area contributed by atoms with E-state index in [0.717, 1.165) is 38.5 Å². The van der Waals surface area contributed by atoms with Gasteiger partial charge >= 0.3 is 0 Å². The van der Waals surface area contributed by atoms with Crippen molar-refractivity contribution < 1.29 is 13.6 Å². The lowest BCUT2D eigenvalue weighted by atomic mass is 9.45. The van der Waals surface area contributed by atoms with Gasteiger partial charge in [0.1, 0.15) is 5.78 Å². The summed E-state index contributed by atoms with van der Waals surface area (Å²) in [5, 5.41) is 0. The van der Waals surface area contributed by atoms with Crippen LogP contribution in [0.3, 0.4) is 0 Å². The third-order valence-corrected chi connectivity index (χ3v) is 8.18. The molecule has 4 saturated carbocycles. The Morgan fingerprint density at radius 2 is 1.82 bits per heavy atom. The van der Waals surface area contributed by atoms with Crippen LogP contribution in [0.4, 0.5) is 8.78 Å². The first-order valence-electron chi connectivity index (χ1n) is 9.13. The van der Waals surface area contributed by atoms with Gasteiger partial charge in [-0.3, -0.25) is 4.79 Å². The number of halogens is 2. The van der Waals surface area contributed by atoms with Crippen LogP contribution >= 0.6 is 0 Å². The van der Waals surface area contributed by atoms with Gasteiger partial charge in [0, 0.05) is 25.7 Å². The van der Waals surface area contributed by atoms with Crippen molar-refractivity contribution in [2.75, 3.05) is 0 Å². The van der Waals surface area contributed by atoms with E-state index in [1.165, 1.54) is 0 Å². The van der Waals surface area contributed by atoms with Crippen LogP contribution in [0.2, 0.25) is 0 Å². The van der Waals surface area contributed by atoms with Gasteiger partial charge in [-0.1, -0.05) is 13.8 Å². The highest BCUT2D eigenvalue weighted by Gasteiger charge is 2.62. The Balaban J connectivity index is 1.64. The first-order valence-corrected chi connectivity index (χ1v) is 9.13. The van der Waals surface area contributed by atoms with Gasteiger partial charge in [-0.2, -0.15) is 0 Å². The number of rotatable bonds is 0. The molecule has 0 aliphatic heterocycles. The van der Waals surface area contributed by atoms with E-state index < -0.39 is 5.92 Å². The van der Waals surface area contributed by atoms with Crippen LogP contribution in [0.5, 0.6) is 0 Å². The maximum absolute atomic E-state index is 14.1. The van der Waals surface area contributed by atoms with E-state index in [9.17, 15) is 13.6 Å². The molecule has 0 N–H and O–H groups in total. The van der Waals surface area contributed by atoms with Crippen LogP contribution in [0.15, 0.2) is 0 Å². The zero-order valence-corrected chi connectivity index (χ0v) is 13.8. The summed E-state index contributed by atoms with van der Waals surface area (Å²) in [4.78, 5) is 11.8. The number of hydrogen-bond donors (Lipinski definition) is 0. The van der Waals surface area contributed by atoms with Crippen molar-refractivity contribution in [1.29, 1.82) is 0 Å². The summed E-state index contributed by atoms with van der Waals surface area (Å²) in [6.45, 7) is 4.49. The average Bonchev–Trinajstić information content (AvgIpc) is 2.68. The molecule has 0 saturated heterocycles. The maximum atomic E-state index is 14.1. The largest absolute Gasteiger partial charge is 0.300 e. The standard InChI is InChI=1S/C19H28F2O/c1-17-7-6-15-14(16(17)10-19(20,21)11-17)4-3-12-9-13(22)5-8-18(12,15)2/h12,14-16H,3-11H2,1-2H3. The van der Waals surface area contributed by atoms with E-state index in [-0.39, 0.29) is 29.6 Å². The van der Waals surface area contributed by atoms with Gasteiger partial charge in [0.25, 0.3) is 0 Å². The fraction of sp³-hybridized carbons (Fsp3) is 0.947. The van der Waals surface area contributed by atoms with Crippen LogP contribution in [-0.4, -0.2) is 11.7 Å². The average molecular weight is 310 g/mol. The van der Waals surface area contributed by atoms with E-state index in [2.05, 4.69) is 13.8 Å². The molecule has 6 unspecified atom stereocenters. The van der Waals surface area contributed by atoms with Gasteiger partial charge in [-0.25, -0.2) is 8.78 Å². The molecule has 0 radical (unpaired) electrons. The van der Waals surface area contributed by atoms with E-state index in [1.54, 1.807) is 0 Å². The summed E-state index contributed by atoms with van der Waals surface area (Å²) in [5.41, 5.74) is 0.0916. The summed E-state index contributed by atoms with van der Waals surface area (Å²) in [5.74, 6) is -0.256. The van der Waals surface area contributed by atoms with Crippen molar-refractivity contribution >= 4 is 5.78 Å². The molecule has 4 rings (SSSR count). The van der Waals surface area contributed by atoms with E-state index in [1.807, 2.05) is 0 Å². The molecule has 124 valence electrons. The molecule has 4 aliphatic carbocycles. The highest BCUT2D eigenvalue weighted by Crippen LogP contribution is 2.67. The minimum Gasteiger partial charge on any atom is -0.300 e. The highest BCUT2D eigenvalue weighted by atomic mass is 19.3. The predicted molar refractivity (Wildman–Crippen MR) is 81.7 cm³/mol. The topological polar surface area (TPSA) is 17.1 Å². The zero-order chi connectivity index (χ0) is 15.8. The Labute approximate surface area is 132 Å². The highest BCUT2D eigenvalue weighted by molar-refractivity contribution is 5.79. The van der Waals surface area contributed by atoms with E-state index in [0.29, 0.717) is 30.0 Å². The van der Waals surface area contributed by atoms with Crippen molar-refractivity contribution in [1.82, 2.24) is 0 Å². The van der Waals surface area contributed by atoms with Crippen LogP contribution in [0.25, 0.3) is 0 Å². The molecule has 4 aliphatic rings. The summed E-state index contributed by atoms with van der Waals surface area (Å²) in [6, 6.07) is 0. The van der Waals surface area contributed by atoms with Crippen LogP contribution in [0, 0.1) is 34.5 Å². The van der Waals surface area contributed by atoms with Gasteiger partial charge in [-0.15, -0.1) is 0 Å². The third kappa shape index (κ3) is 2.03. The Bertz CT molecular complexity index is 502. The van der Waals surface area contributed by atoms with E-state index >= 15 is 0 Å². The quantitative estimate of drug-likeness (QED) is 0.598. The first kappa shape index (κ1) is 15.1. The Morgan fingerprint density at radius 1 is 1.05 bits per heavy atom. The van der Waals surface area contributed by atoms with Crippen molar-refractivity contribution in [3.8, 4) is 0 Å². The summed E-state index contributed by atoms with van der Waals surface area (Å²) >= 11 is 0. The van der Waals surface area contributed by atoms with Crippen molar-refractivity contribution in [3.63, 3.8) is 0 Å². The normalized spacial score (nSPS) is 53.5. The fourth-order valence-corrected chi connectivity index (χ4v) is 7.04.